The summed E-state index contributed by atoms with van der Waals surface area (Å²) in [7, 11) is -5.24. The van der Waals surface area contributed by atoms with Crippen molar-refractivity contribution < 1.29 is 86.0 Å². The molecule has 0 radical (unpaired) electrons. The summed E-state index contributed by atoms with van der Waals surface area (Å²) in [6.07, 6.45) is -2.95. The minimum Gasteiger partial charge on any atom is -0.790 e. The number of carbonyl (C=O) groups excluding carboxylic acids is 1. The van der Waals surface area contributed by atoms with Gasteiger partial charge in [0.1, 0.15) is 12.2 Å². The van der Waals surface area contributed by atoms with Gasteiger partial charge < -0.3 is 43.7 Å². The first kappa shape index (κ1) is 23.8. The number of phosphoric ester groups is 1. The minimum absolute atomic E-state index is 0. The minimum atomic E-state index is -5.24. The van der Waals surface area contributed by atoms with Crippen LogP contribution in [-0.4, -0.2) is 41.1 Å². The zero-order valence-electron chi connectivity index (χ0n) is 13.0. The molecule has 13 heteroatoms. The molecular formula is C11H12Li2NO9P. The molecule has 2 rings (SSSR count). The maximum absolute atomic E-state index is 10.8. The standard InChI is InChI=1S/C11H14NO9P.2Li/c13-8-7(5-20-22(17,18)19)21-10(9(8)14)12-3-1-2-6(4-12)11(15)16;;/h1-4,7-10,13-14H,5H2,(H2-,15,16,17,18,19);;/q;2*+1/p-2/t7-,8-,9-,10-;;/m1../s1. The van der Waals surface area contributed by atoms with Crippen LogP contribution in [0, 0.1) is 0 Å². The zero-order valence-corrected chi connectivity index (χ0v) is 13.9. The monoisotopic (exact) mass is 347 g/mol. The summed E-state index contributed by atoms with van der Waals surface area (Å²) >= 11 is 0. The van der Waals surface area contributed by atoms with Crippen LogP contribution in [0.15, 0.2) is 24.5 Å². The van der Waals surface area contributed by atoms with E-state index in [4.69, 9.17) is 4.74 Å². The number of ether oxygens (including phenoxy) is 1. The van der Waals surface area contributed by atoms with Crippen molar-refractivity contribution in [3.8, 4) is 0 Å². The van der Waals surface area contributed by atoms with Gasteiger partial charge in [-0.25, -0.2) is 0 Å². The third kappa shape index (κ3) is 5.96. The van der Waals surface area contributed by atoms with Gasteiger partial charge in [0.25, 0.3) is 6.23 Å². The molecular weight excluding hydrogens is 335 g/mol. The van der Waals surface area contributed by atoms with Crippen molar-refractivity contribution >= 4 is 13.8 Å². The Morgan fingerprint density at radius 1 is 1.33 bits per heavy atom. The zero-order chi connectivity index (χ0) is 16.5. The Morgan fingerprint density at radius 2 is 1.96 bits per heavy atom. The average Bonchev–Trinajstić information content (AvgIpc) is 2.72. The molecule has 1 aliphatic heterocycles. The van der Waals surface area contributed by atoms with Crippen molar-refractivity contribution in [1.82, 2.24) is 0 Å². The maximum atomic E-state index is 10.8. The molecule has 0 bridgehead atoms. The smallest absolute Gasteiger partial charge is 0.790 e. The molecule has 1 fully saturated rings. The van der Waals surface area contributed by atoms with Crippen molar-refractivity contribution in [2.45, 2.75) is 24.5 Å². The van der Waals surface area contributed by atoms with E-state index in [-0.39, 0.29) is 43.3 Å². The Bertz CT molecular complexity index is 613. The Morgan fingerprint density at radius 3 is 2.50 bits per heavy atom. The number of carboxylic acid groups (broad SMARTS) is 1. The molecule has 2 N–H and O–H groups in total. The Labute approximate surface area is 161 Å². The summed E-state index contributed by atoms with van der Waals surface area (Å²) in [6, 6.07) is 2.62. The van der Waals surface area contributed by atoms with E-state index in [1.54, 1.807) is 0 Å². The molecule has 1 aromatic rings. The maximum Gasteiger partial charge on any atom is 1.00 e. The number of hydrogen-bond acceptors (Lipinski definition) is 9. The molecule has 1 aromatic heterocycles. The number of hydrogen-bond donors (Lipinski definition) is 2. The molecule has 0 saturated carbocycles. The van der Waals surface area contributed by atoms with E-state index in [1.165, 1.54) is 22.9 Å². The third-order valence-electron chi connectivity index (χ3n) is 3.09. The van der Waals surface area contributed by atoms with Crippen LogP contribution in [0.3, 0.4) is 0 Å². The summed E-state index contributed by atoms with van der Waals surface area (Å²) < 4.78 is 20.8. The Hall–Kier alpha value is -0.195. The molecule has 24 heavy (non-hydrogen) atoms. The normalized spacial score (nSPS) is 26.3. The van der Waals surface area contributed by atoms with Crippen LogP contribution >= 0.6 is 7.82 Å². The van der Waals surface area contributed by atoms with Crippen molar-refractivity contribution in [2.75, 3.05) is 6.61 Å². The topological polar surface area (TPSA) is 166 Å². The van der Waals surface area contributed by atoms with Gasteiger partial charge in [0, 0.05) is 6.07 Å². The van der Waals surface area contributed by atoms with Gasteiger partial charge in [-0.1, -0.05) is 0 Å². The van der Waals surface area contributed by atoms with Gasteiger partial charge in [-0.05, 0) is 6.07 Å². The van der Waals surface area contributed by atoms with Gasteiger partial charge in [-0.2, -0.15) is 4.57 Å². The SMILES string of the molecule is O=C([O-])c1ccc[n+]([C@@H]2O[C@H](COP(=O)([O-])[O-])[C@@H](O)[C@H]2O)c1.[Li+].[Li+]. The number of aromatic nitrogens is 1. The predicted octanol–water partition coefficient (Wildman–Crippen LogP) is -10.2. The van der Waals surface area contributed by atoms with Crippen LogP contribution < -0.4 is 57.2 Å². The van der Waals surface area contributed by atoms with Crippen LogP contribution in [-0.2, 0) is 13.8 Å². The van der Waals surface area contributed by atoms with E-state index in [0.717, 1.165) is 6.20 Å². The van der Waals surface area contributed by atoms with Gasteiger partial charge in [0.2, 0.25) is 0 Å². The quantitative estimate of drug-likeness (QED) is 0.299. The van der Waals surface area contributed by atoms with Gasteiger partial charge >= 0.3 is 37.7 Å². The van der Waals surface area contributed by atoms with Crippen LogP contribution in [0.5, 0.6) is 0 Å². The molecule has 0 amide bonds. The fourth-order valence-corrected chi connectivity index (χ4v) is 2.38. The summed E-state index contributed by atoms with van der Waals surface area (Å²) in [5.74, 6) is -1.44. The third-order valence-corrected chi connectivity index (χ3v) is 3.55. The molecule has 4 atom stereocenters. The number of pyridine rings is 1. The van der Waals surface area contributed by atoms with E-state index in [1.807, 2.05) is 0 Å². The predicted molar refractivity (Wildman–Crippen MR) is 60.4 cm³/mol. The molecule has 0 spiro atoms. The van der Waals surface area contributed by atoms with Crippen molar-refractivity contribution in [3.63, 3.8) is 0 Å². The van der Waals surface area contributed by atoms with Crippen LogP contribution in [0.4, 0.5) is 0 Å². The second kappa shape index (κ2) is 9.49. The molecule has 122 valence electrons. The van der Waals surface area contributed by atoms with Gasteiger partial charge in [-0.15, -0.1) is 0 Å². The molecule has 1 aliphatic rings. The first-order chi connectivity index (χ1) is 10.2. The van der Waals surface area contributed by atoms with Crippen LogP contribution in [0.25, 0.3) is 0 Å². The Balaban J connectivity index is 0.00000264. The van der Waals surface area contributed by atoms with Crippen LogP contribution in [0.2, 0.25) is 0 Å². The van der Waals surface area contributed by atoms with E-state index >= 15 is 0 Å². The molecule has 0 unspecified atom stereocenters. The first-order valence-electron chi connectivity index (χ1n) is 6.09. The largest absolute Gasteiger partial charge is 1.00 e. The molecule has 0 aromatic carbocycles. The van der Waals surface area contributed by atoms with Gasteiger partial charge in [0.05, 0.1) is 26.0 Å². The number of rotatable bonds is 5. The molecule has 2 heterocycles. The van der Waals surface area contributed by atoms with E-state index in [9.17, 15) is 34.5 Å². The molecule has 10 nitrogen and oxygen atoms in total. The fraction of sp³-hybridized carbons (Fsp3) is 0.455. The number of aliphatic hydroxyl groups excluding tert-OH is 2. The fourth-order valence-electron chi connectivity index (χ4n) is 2.05. The molecule has 0 aliphatic carbocycles. The number of aliphatic hydroxyl groups is 2. The van der Waals surface area contributed by atoms with Crippen molar-refractivity contribution in [2.24, 2.45) is 0 Å². The summed E-state index contributed by atoms with van der Waals surface area (Å²) in [5.41, 5.74) is -0.184. The second-order valence-electron chi connectivity index (χ2n) is 4.62. The van der Waals surface area contributed by atoms with E-state index < -0.39 is 44.9 Å². The van der Waals surface area contributed by atoms with E-state index in [2.05, 4.69) is 4.52 Å². The van der Waals surface area contributed by atoms with Crippen LogP contribution in [0.1, 0.15) is 16.6 Å². The number of nitrogens with zero attached hydrogens (tertiary/aromatic N) is 1. The summed E-state index contributed by atoms with van der Waals surface area (Å²) in [6.45, 7) is -0.764. The summed E-state index contributed by atoms with van der Waals surface area (Å²) in [5, 5.41) is 30.5. The van der Waals surface area contributed by atoms with Crippen molar-refractivity contribution in [3.05, 3.63) is 30.1 Å². The Kier molecular flexibility index (Phi) is 9.41. The summed E-state index contributed by atoms with van der Waals surface area (Å²) in [4.78, 5) is 31.6. The van der Waals surface area contributed by atoms with Gasteiger partial charge in [0.15, 0.2) is 18.5 Å². The second-order valence-corrected chi connectivity index (χ2v) is 5.77. The van der Waals surface area contributed by atoms with E-state index in [0.29, 0.717) is 0 Å². The average molecular weight is 347 g/mol. The number of carbonyl (C=O) groups is 1. The van der Waals surface area contributed by atoms with Crippen molar-refractivity contribution in [1.29, 1.82) is 0 Å². The molecule has 1 saturated heterocycles. The number of aromatic carboxylic acids is 1. The van der Waals surface area contributed by atoms with Gasteiger partial charge in [-0.3, -0.25) is 0 Å². The number of carboxylic acids is 1. The number of phosphoric acid groups is 1. The first-order valence-corrected chi connectivity index (χ1v) is 7.55.